The van der Waals surface area contributed by atoms with E-state index in [1.54, 1.807) is 0 Å². The molecule has 0 unspecified atom stereocenters. The Labute approximate surface area is 130 Å². The molecule has 8 heteroatoms. The quantitative estimate of drug-likeness (QED) is 0.814. The Bertz CT molecular complexity index is 828. The van der Waals surface area contributed by atoms with Crippen LogP contribution in [0.4, 0.5) is 0 Å². The van der Waals surface area contributed by atoms with Crippen molar-refractivity contribution in [3.63, 3.8) is 0 Å². The van der Waals surface area contributed by atoms with E-state index in [0.717, 1.165) is 20.6 Å². The Morgan fingerprint density at radius 1 is 1.14 bits per heavy atom. The molecule has 0 saturated carbocycles. The van der Waals surface area contributed by atoms with Crippen molar-refractivity contribution in [1.29, 1.82) is 0 Å². The van der Waals surface area contributed by atoms with Crippen molar-refractivity contribution >= 4 is 11.8 Å². The second-order valence-corrected chi connectivity index (χ2v) is 5.90. The van der Waals surface area contributed by atoms with Gasteiger partial charge in [0.1, 0.15) is 0 Å². The van der Waals surface area contributed by atoms with E-state index in [1.165, 1.54) is 25.9 Å². The lowest BCUT2D eigenvalue weighted by molar-refractivity contribution is 0.297. The maximum atomic E-state index is 12.1. The van der Waals surface area contributed by atoms with Gasteiger partial charge in [-0.1, -0.05) is 11.8 Å². The van der Waals surface area contributed by atoms with Gasteiger partial charge in [-0.2, -0.15) is 5.10 Å². The first kappa shape index (κ1) is 14.7. The Hall–Kier alpha value is -2.22. The molecule has 116 valence electrons. The first-order valence-electron chi connectivity index (χ1n) is 6.78. The van der Waals surface area contributed by atoms with Gasteiger partial charge in [0.25, 0.3) is 5.56 Å². The Balaban J connectivity index is 1.96. The van der Waals surface area contributed by atoms with E-state index in [9.17, 15) is 9.59 Å². The minimum Gasteiger partial charge on any atom is -0.490 e. The lowest BCUT2D eigenvalue weighted by Crippen LogP contribution is -2.39. The first-order chi connectivity index (χ1) is 10.6. The van der Waals surface area contributed by atoms with Crippen LogP contribution in [-0.4, -0.2) is 27.6 Å². The van der Waals surface area contributed by atoms with Crippen LogP contribution in [0.25, 0.3) is 0 Å². The zero-order valence-corrected chi connectivity index (χ0v) is 13.1. The second-order valence-electron chi connectivity index (χ2n) is 4.84. The fraction of sp³-hybridized carbons (Fsp3) is 0.357. The molecule has 1 aliphatic rings. The highest BCUT2D eigenvalue weighted by atomic mass is 32.2. The van der Waals surface area contributed by atoms with Crippen LogP contribution in [0.1, 0.15) is 6.42 Å². The van der Waals surface area contributed by atoms with E-state index in [0.29, 0.717) is 24.7 Å². The predicted molar refractivity (Wildman–Crippen MR) is 80.9 cm³/mol. The molecule has 7 nitrogen and oxygen atoms in total. The normalized spacial score (nSPS) is 13.7. The van der Waals surface area contributed by atoms with Gasteiger partial charge in [-0.3, -0.25) is 9.36 Å². The summed E-state index contributed by atoms with van der Waals surface area (Å²) in [6.45, 7) is 1.23. The summed E-state index contributed by atoms with van der Waals surface area (Å²) in [6, 6.07) is 5.47. The molecule has 0 saturated heterocycles. The van der Waals surface area contributed by atoms with Crippen molar-refractivity contribution < 1.29 is 9.47 Å². The van der Waals surface area contributed by atoms with Crippen LogP contribution in [0.2, 0.25) is 0 Å². The highest BCUT2D eigenvalue weighted by Crippen LogP contribution is 2.35. The van der Waals surface area contributed by atoms with E-state index in [-0.39, 0.29) is 5.03 Å². The maximum Gasteiger partial charge on any atom is 0.346 e. The Morgan fingerprint density at radius 3 is 2.64 bits per heavy atom. The maximum absolute atomic E-state index is 12.1. The van der Waals surface area contributed by atoms with E-state index in [1.807, 2.05) is 18.2 Å². The molecule has 3 rings (SSSR count). The number of aromatic nitrogens is 3. The third-order valence-electron chi connectivity index (χ3n) is 3.23. The van der Waals surface area contributed by atoms with Crippen molar-refractivity contribution in [3.05, 3.63) is 39.0 Å². The molecule has 2 heterocycles. The number of fused-ring (bicyclic) bond motifs is 1. The van der Waals surface area contributed by atoms with Gasteiger partial charge in [-0.25, -0.2) is 9.48 Å². The van der Waals surface area contributed by atoms with Crippen LogP contribution >= 0.6 is 11.8 Å². The Morgan fingerprint density at radius 2 is 1.86 bits per heavy atom. The van der Waals surface area contributed by atoms with Gasteiger partial charge in [0, 0.05) is 25.4 Å². The fourth-order valence-corrected chi connectivity index (χ4v) is 2.96. The molecule has 2 aromatic rings. The number of hydrogen-bond donors (Lipinski definition) is 0. The fourth-order valence-electron chi connectivity index (χ4n) is 2.05. The van der Waals surface area contributed by atoms with E-state index in [4.69, 9.17) is 9.47 Å². The van der Waals surface area contributed by atoms with Crippen LogP contribution in [0.3, 0.4) is 0 Å². The zero-order chi connectivity index (χ0) is 15.7. The molecular weight excluding hydrogens is 306 g/mol. The molecule has 0 N–H and O–H groups in total. The number of rotatable bonds is 2. The van der Waals surface area contributed by atoms with Crippen molar-refractivity contribution in [2.45, 2.75) is 16.3 Å². The van der Waals surface area contributed by atoms with Gasteiger partial charge in [-0.15, -0.1) is 0 Å². The van der Waals surface area contributed by atoms with Crippen LogP contribution in [-0.2, 0) is 14.1 Å². The molecule has 1 aliphatic heterocycles. The molecule has 0 bridgehead atoms. The minimum absolute atomic E-state index is 0.235. The predicted octanol–water partition coefficient (Wildman–Crippen LogP) is 0.791. The largest absolute Gasteiger partial charge is 0.490 e. The van der Waals surface area contributed by atoms with Crippen LogP contribution in [0.15, 0.2) is 37.7 Å². The summed E-state index contributed by atoms with van der Waals surface area (Å²) in [5.41, 5.74) is -0.867. The molecular formula is C14H15N3O4S. The van der Waals surface area contributed by atoms with Crippen molar-refractivity contribution in [2.75, 3.05) is 13.2 Å². The summed E-state index contributed by atoms with van der Waals surface area (Å²) >= 11 is 1.19. The molecule has 0 spiro atoms. The number of aryl methyl sites for hydroxylation is 1. The van der Waals surface area contributed by atoms with E-state index < -0.39 is 11.2 Å². The van der Waals surface area contributed by atoms with Crippen LogP contribution in [0, 0.1) is 0 Å². The highest BCUT2D eigenvalue weighted by molar-refractivity contribution is 7.99. The number of benzene rings is 1. The van der Waals surface area contributed by atoms with Crippen LogP contribution < -0.4 is 20.7 Å². The lowest BCUT2D eigenvalue weighted by atomic mass is 10.3. The summed E-state index contributed by atoms with van der Waals surface area (Å²) in [5.74, 6) is 1.35. The van der Waals surface area contributed by atoms with Gasteiger partial charge in [0.05, 0.1) is 13.2 Å². The first-order valence-corrected chi connectivity index (χ1v) is 7.60. The van der Waals surface area contributed by atoms with Gasteiger partial charge < -0.3 is 9.47 Å². The molecule has 22 heavy (non-hydrogen) atoms. The van der Waals surface area contributed by atoms with E-state index in [2.05, 4.69) is 5.10 Å². The highest BCUT2D eigenvalue weighted by Gasteiger charge is 2.14. The minimum atomic E-state index is -0.451. The van der Waals surface area contributed by atoms with Crippen molar-refractivity contribution in [3.8, 4) is 11.5 Å². The summed E-state index contributed by atoms with van der Waals surface area (Å²) < 4.78 is 13.4. The monoisotopic (exact) mass is 321 g/mol. The van der Waals surface area contributed by atoms with Crippen molar-refractivity contribution in [1.82, 2.24) is 14.3 Å². The zero-order valence-electron chi connectivity index (χ0n) is 12.2. The molecule has 0 amide bonds. The SMILES string of the molecule is Cn1nc(Sc2ccc3c(c2)OCCCO3)c(=O)n(C)c1=O. The molecule has 0 aliphatic carbocycles. The summed E-state index contributed by atoms with van der Waals surface area (Å²) in [6.07, 6.45) is 0.833. The molecule has 0 atom stereocenters. The number of nitrogens with zero attached hydrogens (tertiary/aromatic N) is 3. The smallest absolute Gasteiger partial charge is 0.346 e. The topological polar surface area (TPSA) is 75.3 Å². The molecule has 0 fully saturated rings. The van der Waals surface area contributed by atoms with Gasteiger partial charge in [0.15, 0.2) is 16.5 Å². The van der Waals surface area contributed by atoms with Crippen LogP contribution in [0.5, 0.6) is 11.5 Å². The standard InChI is InChI=1S/C14H15N3O4S/c1-16-13(18)12(15-17(2)14(16)19)22-9-4-5-10-11(8-9)21-7-3-6-20-10/h4-5,8H,3,6-7H2,1-2H3. The van der Waals surface area contributed by atoms with Gasteiger partial charge in [-0.05, 0) is 18.2 Å². The van der Waals surface area contributed by atoms with Gasteiger partial charge in [0.2, 0.25) is 0 Å². The molecule has 1 aromatic heterocycles. The summed E-state index contributed by atoms with van der Waals surface area (Å²) in [4.78, 5) is 24.5. The Kier molecular flexibility index (Phi) is 3.93. The average molecular weight is 321 g/mol. The summed E-state index contributed by atoms with van der Waals surface area (Å²) in [7, 11) is 2.95. The molecule has 1 aromatic carbocycles. The molecule has 0 radical (unpaired) electrons. The third kappa shape index (κ3) is 2.74. The third-order valence-corrected chi connectivity index (χ3v) is 4.16. The van der Waals surface area contributed by atoms with Crippen molar-refractivity contribution in [2.24, 2.45) is 14.1 Å². The average Bonchev–Trinajstić information content (AvgIpc) is 2.75. The van der Waals surface area contributed by atoms with Gasteiger partial charge >= 0.3 is 5.69 Å². The number of ether oxygens (including phenoxy) is 2. The lowest BCUT2D eigenvalue weighted by Gasteiger charge is -2.09. The van der Waals surface area contributed by atoms with E-state index >= 15 is 0 Å². The second kappa shape index (κ2) is 5.88. The number of hydrogen-bond acceptors (Lipinski definition) is 6. The summed E-state index contributed by atoms with van der Waals surface area (Å²) in [5, 5.41) is 4.26.